The smallest absolute Gasteiger partial charge is 0.246 e. The van der Waals surface area contributed by atoms with Crippen molar-refractivity contribution in [3.05, 3.63) is 89.7 Å². The van der Waals surface area contributed by atoms with Gasteiger partial charge in [-0.15, -0.1) is 11.3 Å². The molecule has 0 radical (unpaired) electrons. The molecule has 0 spiro atoms. The Balaban J connectivity index is 1.64. The van der Waals surface area contributed by atoms with Crippen LogP contribution in [0.2, 0.25) is 0 Å². The molecule has 208 valence electrons. The molecule has 1 aliphatic heterocycles. The van der Waals surface area contributed by atoms with Gasteiger partial charge in [0.15, 0.2) is 0 Å². The maximum atomic E-state index is 15.8. The molecule has 5 aromatic rings. The van der Waals surface area contributed by atoms with Crippen molar-refractivity contribution < 1.29 is 23.4 Å². The summed E-state index contributed by atoms with van der Waals surface area (Å²) in [5.74, 6) is -1.76. The number of hydrogen-bond acceptors (Lipinski definition) is 6. The molecule has 0 atom stereocenters. The molecule has 3 aromatic heterocycles. The zero-order chi connectivity index (χ0) is 28.7. The molecule has 1 amide bonds. The summed E-state index contributed by atoms with van der Waals surface area (Å²) in [5.41, 5.74) is 5.04. The monoisotopic (exact) mass is 572 g/mol. The number of amides is 1. The maximum Gasteiger partial charge on any atom is 0.246 e. The Morgan fingerprint density at radius 1 is 1.17 bits per heavy atom. The number of aromatic nitrogens is 3. The van der Waals surface area contributed by atoms with E-state index in [-0.39, 0.29) is 30.4 Å². The number of rotatable bonds is 7. The van der Waals surface area contributed by atoms with Gasteiger partial charge in [0.2, 0.25) is 5.91 Å². The number of nitrogens with zero attached hydrogens (tertiary/aromatic N) is 4. The number of pyridine rings is 1. The summed E-state index contributed by atoms with van der Waals surface area (Å²) in [6, 6.07) is 9.77. The van der Waals surface area contributed by atoms with Crippen LogP contribution in [0.25, 0.3) is 43.9 Å². The van der Waals surface area contributed by atoms with Gasteiger partial charge in [0, 0.05) is 59.7 Å². The predicted octanol–water partition coefficient (Wildman–Crippen LogP) is 5.75. The Kier molecular flexibility index (Phi) is 7.10. The van der Waals surface area contributed by atoms with Crippen LogP contribution in [0.4, 0.5) is 8.78 Å². The minimum Gasteiger partial charge on any atom is -0.490 e. The van der Waals surface area contributed by atoms with Gasteiger partial charge in [0.1, 0.15) is 29.7 Å². The van der Waals surface area contributed by atoms with Crippen LogP contribution in [0.1, 0.15) is 11.1 Å². The molecule has 0 bridgehead atoms. The van der Waals surface area contributed by atoms with Crippen molar-refractivity contribution >= 4 is 27.3 Å². The van der Waals surface area contributed by atoms with Gasteiger partial charge in [-0.05, 0) is 41.1 Å². The SMILES string of the molecule is C=CC(=O)N1CCc2ccc(-c3nc(-c4cn(C)cn4)c4ccsc4c3-c3c(F)cc(F)cc3OCCO)cc2C1. The molecule has 0 unspecified atom stereocenters. The molecule has 0 fully saturated rings. The molecule has 2 aromatic carbocycles. The van der Waals surface area contributed by atoms with Crippen molar-refractivity contribution in [1.82, 2.24) is 19.4 Å². The topological polar surface area (TPSA) is 80.5 Å². The molecule has 0 saturated carbocycles. The number of thiophene rings is 1. The summed E-state index contributed by atoms with van der Waals surface area (Å²) < 4.78 is 38.4. The van der Waals surface area contributed by atoms with Gasteiger partial charge >= 0.3 is 0 Å². The van der Waals surface area contributed by atoms with Crippen LogP contribution >= 0.6 is 11.3 Å². The Morgan fingerprint density at radius 3 is 2.78 bits per heavy atom. The van der Waals surface area contributed by atoms with E-state index in [1.54, 1.807) is 11.2 Å². The van der Waals surface area contributed by atoms with Gasteiger partial charge in [-0.3, -0.25) is 4.79 Å². The van der Waals surface area contributed by atoms with Crippen LogP contribution in [0.15, 0.2) is 67.0 Å². The van der Waals surface area contributed by atoms with E-state index < -0.39 is 11.6 Å². The van der Waals surface area contributed by atoms with Gasteiger partial charge in [0.05, 0.1) is 29.9 Å². The van der Waals surface area contributed by atoms with Crippen LogP contribution in [0.3, 0.4) is 0 Å². The number of carbonyl (C=O) groups excluding carboxylic acids is 1. The highest BCUT2D eigenvalue weighted by Gasteiger charge is 2.27. The van der Waals surface area contributed by atoms with E-state index >= 15 is 4.39 Å². The number of imidazole rings is 1. The Hall–Kier alpha value is -4.41. The minimum atomic E-state index is -0.804. The minimum absolute atomic E-state index is 0.0272. The predicted molar refractivity (Wildman–Crippen MR) is 155 cm³/mol. The molecule has 41 heavy (non-hydrogen) atoms. The number of benzene rings is 2. The van der Waals surface area contributed by atoms with E-state index in [1.807, 2.05) is 47.5 Å². The van der Waals surface area contributed by atoms with Gasteiger partial charge < -0.3 is 19.3 Å². The second-order valence-electron chi connectivity index (χ2n) is 9.80. The fourth-order valence-corrected chi connectivity index (χ4v) is 6.23. The summed E-state index contributed by atoms with van der Waals surface area (Å²) in [6.07, 6.45) is 5.56. The lowest BCUT2D eigenvalue weighted by Crippen LogP contribution is -2.34. The van der Waals surface area contributed by atoms with Crippen molar-refractivity contribution in [3.8, 4) is 39.5 Å². The standard InChI is InChI=1S/C31H26F2N4O3S/c1-3-26(39)37-8-6-18-4-5-19(12-20(18)15-37)29-28(27-23(33)13-21(32)14-25(27)40-10-9-38)31-22(7-11-41-31)30(35-29)24-16-36(2)17-34-24/h3-5,7,11-14,16-17,38H,1,6,8-10,15H2,2H3. The van der Waals surface area contributed by atoms with Crippen molar-refractivity contribution in [3.63, 3.8) is 0 Å². The lowest BCUT2D eigenvalue weighted by Gasteiger charge is -2.28. The number of fused-ring (bicyclic) bond motifs is 2. The first-order valence-corrected chi connectivity index (χ1v) is 13.9. The number of halogens is 2. The summed E-state index contributed by atoms with van der Waals surface area (Å²) >= 11 is 1.41. The quantitative estimate of drug-likeness (QED) is 0.251. The summed E-state index contributed by atoms with van der Waals surface area (Å²) in [4.78, 5) is 23.7. The van der Waals surface area contributed by atoms with Gasteiger partial charge in [-0.2, -0.15) is 0 Å². The van der Waals surface area contributed by atoms with E-state index in [1.165, 1.54) is 17.4 Å². The molecule has 6 rings (SSSR count). The van der Waals surface area contributed by atoms with E-state index in [2.05, 4.69) is 11.6 Å². The van der Waals surface area contributed by atoms with Gasteiger partial charge in [-0.25, -0.2) is 18.7 Å². The zero-order valence-corrected chi connectivity index (χ0v) is 23.0. The molecule has 10 heteroatoms. The van der Waals surface area contributed by atoms with E-state index in [4.69, 9.17) is 9.72 Å². The lowest BCUT2D eigenvalue weighted by molar-refractivity contribution is -0.126. The second kappa shape index (κ2) is 10.9. The number of aryl methyl sites for hydroxylation is 1. The third-order valence-corrected chi connectivity index (χ3v) is 8.08. The number of aliphatic hydroxyl groups is 1. The number of ether oxygens (including phenoxy) is 1. The summed E-state index contributed by atoms with van der Waals surface area (Å²) in [6.45, 7) is 4.16. The van der Waals surface area contributed by atoms with Crippen LogP contribution in [0.5, 0.6) is 5.75 Å². The molecule has 0 saturated heterocycles. The van der Waals surface area contributed by atoms with E-state index in [0.717, 1.165) is 33.3 Å². The highest BCUT2D eigenvalue weighted by molar-refractivity contribution is 7.18. The number of aliphatic hydroxyl groups excluding tert-OH is 1. The van der Waals surface area contributed by atoms with Crippen LogP contribution in [-0.2, 0) is 24.8 Å². The maximum absolute atomic E-state index is 15.8. The first-order chi connectivity index (χ1) is 19.9. The van der Waals surface area contributed by atoms with Crippen molar-refractivity contribution in [1.29, 1.82) is 0 Å². The van der Waals surface area contributed by atoms with Crippen molar-refractivity contribution in [2.24, 2.45) is 7.05 Å². The molecule has 1 aliphatic rings. The molecular formula is C31H26F2N4O3S. The zero-order valence-electron chi connectivity index (χ0n) is 22.2. The largest absolute Gasteiger partial charge is 0.490 e. The first-order valence-electron chi connectivity index (χ1n) is 13.0. The van der Waals surface area contributed by atoms with E-state index in [9.17, 15) is 14.3 Å². The van der Waals surface area contributed by atoms with E-state index in [0.29, 0.717) is 47.7 Å². The van der Waals surface area contributed by atoms with Crippen LogP contribution in [0, 0.1) is 11.6 Å². The molecule has 4 heterocycles. The first kappa shape index (κ1) is 26.8. The molecular weight excluding hydrogens is 546 g/mol. The Morgan fingerprint density at radius 2 is 2.02 bits per heavy atom. The Labute approximate surface area is 239 Å². The Bertz CT molecular complexity index is 1810. The highest BCUT2D eigenvalue weighted by Crippen LogP contribution is 2.47. The van der Waals surface area contributed by atoms with Crippen LogP contribution < -0.4 is 4.74 Å². The molecule has 7 nitrogen and oxygen atoms in total. The summed E-state index contributed by atoms with van der Waals surface area (Å²) in [7, 11) is 1.87. The van der Waals surface area contributed by atoms with Gasteiger partial charge in [0.25, 0.3) is 0 Å². The van der Waals surface area contributed by atoms with Gasteiger partial charge in [-0.1, -0.05) is 18.7 Å². The third-order valence-electron chi connectivity index (χ3n) is 7.15. The van der Waals surface area contributed by atoms with Crippen molar-refractivity contribution in [2.75, 3.05) is 19.8 Å². The third kappa shape index (κ3) is 4.89. The average Bonchev–Trinajstić information content (AvgIpc) is 3.64. The average molecular weight is 573 g/mol. The molecule has 1 N–H and O–H groups in total. The second-order valence-corrected chi connectivity index (χ2v) is 10.7. The van der Waals surface area contributed by atoms with Crippen molar-refractivity contribution in [2.45, 2.75) is 13.0 Å². The van der Waals surface area contributed by atoms with Crippen LogP contribution in [-0.4, -0.2) is 50.2 Å². The molecule has 0 aliphatic carbocycles. The number of carbonyl (C=O) groups is 1. The fourth-order valence-electron chi connectivity index (χ4n) is 5.28. The normalized spacial score (nSPS) is 12.9. The summed E-state index contributed by atoms with van der Waals surface area (Å²) in [5, 5.41) is 12.1. The number of hydrogen-bond donors (Lipinski definition) is 1. The lowest BCUT2D eigenvalue weighted by atomic mass is 9.92. The fraction of sp³-hybridized carbons (Fsp3) is 0.194. The highest BCUT2D eigenvalue weighted by atomic mass is 32.1.